The zero-order chi connectivity index (χ0) is 14.7. The number of rotatable bonds is 4. The Morgan fingerprint density at radius 3 is 2.80 bits per heavy atom. The first-order valence-electron chi connectivity index (χ1n) is 5.92. The molecular weight excluding hydrogens is 262 g/mol. The van der Waals surface area contributed by atoms with Gasteiger partial charge in [0.05, 0.1) is 10.6 Å². The zero-order valence-electron chi connectivity index (χ0n) is 11.0. The molecule has 0 fully saturated rings. The summed E-state index contributed by atoms with van der Waals surface area (Å²) in [5, 5.41) is 10.9. The van der Waals surface area contributed by atoms with Crippen LogP contribution in [0.2, 0.25) is 0 Å². The summed E-state index contributed by atoms with van der Waals surface area (Å²) >= 11 is 0. The number of nitrogens with two attached hydrogens (primary N) is 1. The van der Waals surface area contributed by atoms with E-state index in [2.05, 4.69) is 15.0 Å². The summed E-state index contributed by atoms with van der Waals surface area (Å²) in [7, 11) is 0. The Morgan fingerprint density at radius 1 is 1.40 bits per heavy atom. The fourth-order valence-electron chi connectivity index (χ4n) is 1.62. The summed E-state index contributed by atoms with van der Waals surface area (Å²) in [5.41, 5.74) is 6.62. The summed E-state index contributed by atoms with van der Waals surface area (Å²) in [6.07, 6.45) is 1.65. The summed E-state index contributed by atoms with van der Waals surface area (Å²) in [5.74, 6) is 0.130. The summed E-state index contributed by atoms with van der Waals surface area (Å²) in [4.78, 5) is 22.0. The highest BCUT2D eigenvalue weighted by atomic mass is 16.6. The normalized spacial score (nSPS) is 10.3. The number of hydrogen-bond acceptors (Lipinski definition) is 7. The molecule has 0 atom stereocenters. The second-order valence-electron chi connectivity index (χ2n) is 4.03. The van der Waals surface area contributed by atoms with Crippen LogP contribution in [-0.4, -0.2) is 19.9 Å². The van der Waals surface area contributed by atoms with E-state index < -0.39 is 4.92 Å². The predicted octanol–water partition coefficient (Wildman–Crippen LogP) is 2.03. The lowest BCUT2D eigenvalue weighted by Gasteiger charge is -2.09. The van der Waals surface area contributed by atoms with Crippen molar-refractivity contribution >= 4 is 11.6 Å². The molecule has 0 aliphatic rings. The van der Waals surface area contributed by atoms with Gasteiger partial charge in [-0.15, -0.1) is 0 Å². The number of pyridine rings is 1. The molecule has 0 aliphatic carbocycles. The molecule has 0 amide bonds. The number of aromatic nitrogens is 3. The van der Waals surface area contributed by atoms with Crippen molar-refractivity contribution in [3.63, 3.8) is 0 Å². The third-order valence-electron chi connectivity index (χ3n) is 2.56. The van der Waals surface area contributed by atoms with Gasteiger partial charge < -0.3 is 10.5 Å². The molecule has 104 valence electrons. The van der Waals surface area contributed by atoms with E-state index in [4.69, 9.17) is 10.5 Å². The summed E-state index contributed by atoms with van der Waals surface area (Å²) in [6.45, 7) is 3.77. The van der Waals surface area contributed by atoms with Crippen molar-refractivity contribution in [3.8, 4) is 11.6 Å². The molecule has 20 heavy (non-hydrogen) atoms. The maximum atomic E-state index is 10.9. The van der Waals surface area contributed by atoms with Gasteiger partial charge in [-0.25, -0.2) is 4.98 Å². The SMILES string of the molecule is CCc1nc(C)ccc1Oc1nc(N)ncc1[N+](=O)[O-]. The lowest BCUT2D eigenvalue weighted by Crippen LogP contribution is -2.03. The molecular formula is C12H13N5O3. The van der Waals surface area contributed by atoms with E-state index in [0.717, 1.165) is 11.9 Å². The van der Waals surface area contributed by atoms with Crippen LogP contribution in [0.3, 0.4) is 0 Å². The number of hydrogen-bond donors (Lipinski definition) is 1. The molecule has 0 saturated heterocycles. The number of nitrogens with zero attached hydrogens (tertiary/aromatic N) is 4. The highest BCUT2D eigenvalue weighted by molar-refractivity contribution is 5.45. The lowest BCUT2D eigenvalue weighted by atomic mass is 10.2. The maximum Gasteiger partial charge on any atom is 0.349 e. The van der Waals surface area contributed by atoms with E-state index in [9.17, 15) is 10.1 Å². The van der Waals surface area contributed by atoms with E-state index in [1.807, 2.05) is 13.8 Å². The number of ether oxygens (including phenoxy) is 1. The Balaban J connectivity index is 2.44. The topological polar surface area (TPSA) is 117 Å². The van der Waals surface area contributed by atoms with Gasteiger partial charge in [-0.1, -0.05) is 6.92 Å². The van der Waals surface area contributed by atoms with Gasteiger partial charge >= 0.3 is 11.6 Å². The fourth-order valence-corrected chi connectivity index (χ4v) is 1.62. The Kier molecular flexibility index (Phi) is 3.74. The van der Waals surface area contributed by atoms with Crippen LogP contribution >= 0.6 is 0 Å². The van der Waals surface area contributed by atoms with Crippen molar-refractivity contribution in [2.45, 2.75) is 20.3 Å². The molecule has 0 unspecified atom stereocenters. The second kappa shape index (κ2) is 5.47. The van der Waals surface area contributed by atoms with Gasteiger partial charge in [0, 0.05) is 5.69 Å². The zero-order valence-corrected chi connectivity index (χ0v) is 11.0. The number of anilines is 1. The molecule has 0 bridgehead atoms. The van der Waals surface area contributed by atoms with Crippen molar-refractivity contribution in [3.05, 3.63) is 39.8 Å². The van der Waals surface area contributed by atoms with Crippen LogP contribution in [0.15, 0.2) is 18.3 Å². The third-order valence-corrected chi connectivity index (χ3v) is 2.56. The Bertz CT molecular complexity index is 660. The summed E-state index contributed by atoms with van der Waals surface area (Å²) in [6, 6.07) is 3.45. The molecule has 0 saturated carbocycles. The average Bonchev–Trinajstić information content (AvgIpc) is 2.40. The monoisotopic (exact) mass is 275 g/mol. The first-order valence-corrected chi connectivity index (χ1v) is 5.92. The second-order valence-corrected chi connectivity index (χ2v) is 4.03. The fraction of sp³-hybridized carbons (Fsp3) is 0.250. The molecule has 2 heterocycles. The van der Waals surface area contributed by atoms with Gasteiger partial charge in [-0.3, -0.25) is 15.1 Å². The van der Waals surface area contributed by atoms with Crippen molar-refractivity contribution < 1.29 is 9.66 Å². The molecule has 2 aromatic heterocycles. The number of aryl methyl sites for hydroxylation is 2. The van der Waals surface area contributed by atoms with Gasteiger partial charge in [0.2, 0.25) is 5.95 Å². The van der Waals surface area contributed by atoms with Crippen LogP contribution in [0, 0.1) is 17.0 Å². The molecule has 8 nitrogen and oxygen atoms in total. The van der Waals surface area contributed by atoms with E-state index in [-0.39, 0.29) is 17.5 Å². The van der Waals surface area contributed by atoms with Gasteiger partial charge in [-0.2, -0.15) is 4.98 Å². The van der Waals surface area contributed by atoms with Gasteiger partial charge in [0.1, 0.15) is 6.20 Å². The van der Waals surface area contributed by atoms with Gasteiger partial charge in [0.15, 0.2) is 5.75 Å². The minimum atomic E-state index is -0.623. The highest BCUT2D eigenvalue weighted by Gasteiger charge is 2.20. The molecule has 0 aromatic carbocycles. The standard InChI is InChI=1S/C12H13N5O3/c1-3-8-10(5-4-7(2)15-8)20-11-9(17(18)19)6-14-12(13)16-11/h4-6H,3H2,1-2H3,(H2,13,14,16). The van der Waals surface area contributed by atoms with Crippen LogP contribution in [0.1, 0.15) is 18.3 Å². The van der Waals surface area contributed by atoms with Crippen LogP contribution < -0.4 is 10.5 Å². The Hall–Kier alpha value is -2.77. The van der Waals surface area contributed by atoms with Gasteiger partial charge in [-0.05, 0) is 25.5 Å². The van der Waals surface area contributed by atoms with Crippen LogP contribution in [0.5, 0.6) is 11.6 Å². The van der Waals surface area contributed by atoms with Crippen molar-refractivity contribution in [1.29, 1.82) is 0 Å². The van der Waals surface area contributed by atoms with E-state index in [1.54, 1.807) is 12.1 Å². The van der Waals surface area contributed by atoms with Crippen LogP contribution in [0.4, 0.5) is 11.6 Å². The Morgan fingerprint density at radius 2 is 2.15 bits per heavy atom. The molecule has 0 aliphatic heterocycles. The molecule has 2 rings (SSSR count). The van der Waals surface area contributed by atoms with E-state index in [1.165, 1.54) is 0 Å². The average molecular weight is 275 g/mol. The number of nitrogen functional groups attached to an aromatic ring is 1. The quantitative estimate of drug-likeness (QED) is 0.669. The molecule has 2 aromatic rings. The lowest BCUT2D eigenvalue weighted by molar-refractivity contribution is -0.386. The third kappa shape index (κ3) is 2.79. The minimum absolute atomic E-state index is 0.0938. The van der Waals surface area contributed by atoms with Gasteiger partial charge in [0.25, 0.3) is 0 Å². The first kappa shape index (κ1) is 13.7. The molecule has 2 N–H and O–H groups in total. The van der Waals surface area contributed by atoms with Crippen molar-refractivity contribution in [2.24, 2.45) is 0 Å². The molecule has 0 radical (unpaired) electrons. The highest BCUT2D eigenvalue weighted by Crippen LogP contribution is 2.30. The smallest absolute Gasteiger partial charge is 0.349 e. The predicted molar refractivity (Wildman–Crippen MR) is 71.5 cm³/mol. The maximum absolute atomic E-state index is 10.9. The van der Waals surface area contributed by atoms with Crippen LogP contribution in [-0.2, 0) is 6.42 Å². The van der Waals surface area contributed by atoms with Crippen molar-refractivity contribution in [1.82, 2.24) is 15.0 Å². The number of nitro groups is 1. The van der Waals surface area contributed by atoms with Crippen LogP contribution in [0.25, 0.3) is 0 Å². The van der Waals surface area contributed by atoms with E-state index >= 15 is 0 Å². The minimum Gasteiger partial charge on any atom is -0.432 e. The Labute approximate surface area is 114 Å². The molecule has 8 heteroatoms. The molecule has 0 spiro atoms. The van der Waals surface area contributed by atoms with E-state index in [0.29, 0.717) is 17.9 Å². The summed E-state index contributed by atoms with van der Waals surface area (Å²) < 4.78 is 5.49. The largest absolute Gasteiger partial charge is 0.432 e. The van der Waals surface area contributed by atoms with Crippen molar-refractivity contribution in [2.75, 3.05) is 5.73 Å². The first-order chi connectivity index (χ1) is 9.51.